The maximum atomic E-state index is 8.84. The van der Waals surface area contributed by atoms with Crippen LogP contribution in [0.25, 0.3) is 0 Å². The topological polar surface area (TPSA) is 78.7 Å². The van der Waals surface area contributed by atoms with Crippen LogP contribution in [0.4, 0.5) is 5.69 Å². The van der Waals surface area contributed by atoms with E-state index in [4.69, 9.17) is 14.7 Å². The fraction of sp³-hybridized carbons (Fsp3) is 0.300. The summed E-state index contributed by atoms with van der Waals surface area (Å²) in [6.45, 7) is 1.91. The molecule has 0 aromatic heterocycles. The molecule has 27 heavy (non-hydrogen) atoms. The number of nitrogens with one attached hydrogen (secondary N) is 2. The summed E-state index contributed by atoms with van der Waals surface area (Å²) >= 11 is 0. The second-order valence-corrected chi connectivity index (χ2v) is 5.58. The van der Waals surface area contributed by atoms with Gasteiger partial charge in [0.25, 0.3) is 0 Å². The number of rotatable bonds is 8. The van der Waals surface area contributed by atoms with Crippen molar-refractivity contribution in [1.82, 2.24) is 5.32 Å². The third kappa shape index (κ3) is 8.28. The Labute approximate surface area is 177 Å². The van der Waals surface area contributed by atoms with E-state index in [1.807, 2.05) is 36.4 Å². The molecule has 0 aliphatic heterocycles. The fourth-order valence-corrected chi connectivity index (χ4v) is 2.26. The molecule has 0 bridgehead atoms. The highest BCUT2D eigenvalue weighted by Gasteiger charge is 2.02. The Morgan fingerprint density at radius 1 is 1.15 bits per heavy atom. The smallest absolute Gasteiger partial charge is 0.195 e. The number of methoxy groups -OCH3 is 1. The molecule has 2 rings (SSSR count). The first kappa shape index (κ1) is 22.7. The zero-order valence-electron chi connectivity index (χ0n) is 15.6. The number of ether oxygens (including phenoxy) is 2. The van der Waals surface area contributed by atoms with Crippen LogP contribution >= 0.6 is 24.0 Å². The van der Waals surface area contributed by atoms with Crippen molar-refractivity contribution >= 4 is 35.6 Å². The largest absolute Gasteiger partial charge is 0.493 e. The first-order chi connectivity index (χ1) is 12.7. The lowest BCUT2D eigenvalue weighted by Gasteiger charge is -2.13. The average Bonchev–Trinajstić information content (AvgIpc) is 2.69. The van der Waals surface area contributed by atoms with Crippen molar-refractivity contribution in [2.45, 2.75) is 13.0 Å². The van der Waals surface area contributed by atoms with Gasteiger partial charge in [-0.25, -0.2) is 0 Å². The van der Waals surface area contributed by atoms with Crippen LogP contribution in [0.2, 0.25) is 0 Å². The molecule has 0 aliphatic rings. The summed E-state index contributed by atoms with van der Waals surface area (Å²) in [7, 11) is 3.40. The van der Waals surface area contributed by atoms with Crippen LogP contribution in [0.5, 0.6) is 5.75 Å². The van der Waals surface area contributed by atoms with Gasteiger partial charge in [0.15, 0.2) is 5.96 Å². The van der Waals surface area contributed by atoms with Gasteiger partial charge in [-0.3, -0.25) is 4.99 Å². The molecule has 0 unspecified atom stereocenters. The molecule has 0 aliphatic carbocycles. The lowest BCUT2D eigenvalue weighted by atomic mass is 10.1. The zero-order chi connectivity index (χ0) is 18.6. The molecule has 0 radical (unpaired) electrons. The van der Waals surface area contributed by atoms with Crippen molar-refractivity contribution in [3.8, 4) is 11.8 Å². The summed E-state index contributed by atoms with van der Waals surface area (Å²) in [5, 5.41) is 15.3. The molecule has 6 nitrogen and oxygen atoms in total. The van der Waals surface area contributed by atoms with Gasteiger partial charge in [-0.15, -0.1) is 24.0 Å². The molecule has 2 aromatic carbocycles. The van der Waals surface area contributed by atoms with Crippen molar-refractivity contribution in [1.29, 1.82) is 5.26 Å². The predicted molar refractivity (Wildman–Crippen MR) is 119 cm³/mol. The van der Waals surface area contributed by atoms with Gasteiger partial charge in [0.05, 0.1) is 18.2 Å². The number of nitriles is 1. The molecule has 0 saturated carbocycles. The molecule has 0 fully saturated rings. The standard InChI is InChI=1S/C20H24N4O2.HI/c1-22-20(23-15-17-9-7-16(14-21)8-10-17)24-18-5-3-6-19(13-18)26-12-4-11-25-2;/h3,5-10,13H,4,11-12,15H2,1-2H3,(H2,22,23,24);1H. The quantitative estimate of drug-likeness (QED) is 0.260. The summed E-state index contributed by atoms with van der Waals surface area (Å²) in [5.41, 5.74) is 2.61. The first-order valence-corrected chi connectivity index (χ1v) is 8.43. The Balaban J connectivity index is 0.00000364. The molecule has 2 aromatic rings. The van der Waals surface area contributed by atoms with Gasteiger partial charge in [0, 0.05) is 45.5 Å². The highest BCUT2D eigenvalue weighted by Crippen LogP contribution is 2.17. The third-order valence-corrected chi connectivity index (χ3v) is 3.62. The SMILES string of the molecule is CN=C(NCc1ccc(C#N)cc1)Nc1cccc(OCCCOC)c1.I. The van der Waals surface area contributed by atoms with E-state index in [1.54, 1.807) is 26.3 Å². The number of guanidine groups is 1. The average molecular weight is 480 g/mol. The first-order valence-electron chi connectivity index (χ1n) is 8.43. The van der Waals surface area contributed by atoms with E-state index in [0.29, 0.717) is 31.3 Å². The molecular weight excluding hydrogens is 455 g/mol. The number of hydrogen-bond acceptors (Lipinski definition) is 4. The molecule has 144 valence electrons. The highest BCUT2D eigenvalue weighted by atomic mass is 127. The molecule has 7 heteroatoms. The third-order valence-electron chi connectivity index (χ3n) is 3.62. The minimum absolute atomic E-state index is 0. The van der Waals surface area contributed by atoms with E-state index >= 15 is 0 Å². The van der Waals surface area contributed by atoms with E-state index in [9.17, 15) is 0 Å². The van der Waals surface area contributed by atoms with Gasteiger partial charge < -0.3 is 20.1 Å². The summed E-state index contributed by atoms with van der Waals surface area (Å²) in [4.78, 5) is 4.23. The molecule has 0 saturated heterocycles. The minimum Gasteiger partial charge on any atom is -0.493 e. The van der Waals surface area contributed by atoms with Crippen LogP contribution in [0.1, 0.15) is 17.5 Å². The van der Waals surface area contributed by atoms with E-state index in [2.05, 4.69) is 21.7 Å². The normalized spacial score (nSPS) is 10.5. The van der Waals surface area contributed by atoms with Crippen molar-refractivity contribution < 1.29 is 9.47 Å². The molecule has 2 N–H and O–H groups in total. The number of aliphatic imine (C=N–C) groups is 1. The number of halogens is 1. The van der Waals surface area contributed by atoms with Gasteiger partial charge in [-0.2, -0.15) is 5.26 Å². The second kappa shape index (κ2) is 12.9. The lowest BCUT2D eigenvalue weighted by molar-refractivity contribution is 0.172. The fourth-order valence-electron chi connectivity index (χ4n) is 2.26. The van der Waals surface area contributed by atoms with Gasteiger partial charge in [-0.1, -0.05) is 18.2 Å². The lowest BCUT2D eigenvalue weighted by Crippen LogP contribution is -2.30. The maximum Gasteiger partial charge on any atom is 0.195 e. The summed E-state index contributed by atoms with van der Waals surface area (Å²) < 4.78 is 10.7. The molecule has 0 amide bonds. The number of nitrogens with zero attached hydrogens (tertiary/aromatic N) is 2. The second-order valence-electron chi connectivity index (χ2n) is 5.58. The molecule has 0 spiro atoms. The van der Waals surface area contributed by atoms with Crippen molar-refractivity contribution in [2.24, 2.45) is 4.99 Å². The van der Waals surface area contributed by atoms with Crippen LogP contribution in [0, 0.1) is 11.3 Å². The molecular formula is C20H25IN4O2. The van der Waals surface area contributed by atoms with Crippen molar-refractivity contribution in [3.05, 3.63) is 59.7 Å². The molecule has 0 atom stereocenters. The van der Waals surface area contributed by atoms with E-state index < -0.39 is 0 Å². The summed E-state index contributed by atoms with van der Waals surface area (Å²) in [6, 6.07) is 17.3. The van der Waals surface area contributed by atoms with Crippen molar-refractivity contribution in [2.75, 3.05) is 32.7 Å². The summed E-state index contributed by atoms with van der Waals surface area (Å²) in [6.07, 6.45) is 0.849. The summed E-state index contributed by atoms with van der Waals surface area (Å²) in [5.74, 6) is 1.46. The van der Waals surface area contributed by atoms with Crippen LogP contribution in [-0.2, 0) is 11.3 Å². The number of anilines is 1. The predicted octanol–water partition coefficient (Wildman–Crippen LogP) is 3.78. The van der Waals surface area contributed by atoms with Gasteiger partial charge >= 0.3 is 0 Å². The van der Waals surface area contributed by atoms with E-state index in [0.717, 1.165) is 23.4 Å². The van der Waals surface area contributed by atoms with Crippen LogP contribution < -0.4 is 15.4 Å². The Bertz CT molecular complexity index is 757. The van der Waals surface area contributed by atoms with Crippen LogP contribution in [-0.4, -0.2) is 33.3 Å². The Morgan fingerprint density at radius 3 is 2.59 bits per heavy atom. The van der Waals surface area contributed by atoms with Crippen LogP contribution in [0.3, 0.4) is 0 Å². The Hall–Kier alpha value is -2.31. The number of hydrogen-bond donors (Lipinski definition) is 2. The van der Waals surface area contributed by atoms with Gasteiger partial charge in [-0.05, 0) is 29.8 Å². The zero-order valence-corrected chi connectivity index (χ0v) is 17.9. The highest BCUT2D eigenvalue weighted by molar-refractivity contribution is 14.0. The maximum absolute atomic E-state index is 8.84. The van der Waals surface area contributed by atoms with Crippen molar-refractivity contribution in [3.63, 3.8) is 0 Å². The Kier molecular flexibility index (Phi) is 10.9. The van der Waals surface area contributed by atoms with Gasteiger partial charge in [0.2, 0.25) is 0 Å². The monoisotopic (exact) mass is 480 g/mol. The van der Waals surface area contributed by atoms with E-state index in [1.165, 1.54) is 0 Å². The van der Waals surface area contributed by atoms with E-state index in [-0.39, 0.29) is 24.0 Å². The molecule has 0 heterocycles. The number of benzene rings is 2. The minimum atomic E-state index is 0. The Morgan fingerprint density at radius 2 is 1.93 bits per heavy atom. The van der Waals surface area contributed by atoms with Crippen LogP contribution in [0.15, 0.2) is 53.5 Å². The van der Waals surface area contributed by atoms with Gasteiger partial charge in [0.1, 0.15) is 5.75 Å².